The lowest BCUT2D eigenvalue weighted by Gasteiger charge is -2.30. The molecule has 0 saturated heterocycles. The molecular weight excluding hydrogens is 444 g/mol. The van der Waals surface area contributed by atoms with Crippen LogP contribution in [0.3, 0.4) is 0 Å². The number of fused-ring (bicyclic) bond motifs is 1. The van der Waals surface area contributed by atoms with Gasteiger partial charge in [-0.1, -0.05) is 36.8 Å². The van der Waals surface area contributed by atoms with E-state index in [1.54, 1.807) is 7.05 Å². The zero-order chi connectivity index (χ0) is 23.7. The Kier molecular flexibility index (Phi) is 6.20. The molecule has 0 radical (unpaired) electrons. The van der Waals surface area contributed by atoms with Crippen molar-refractivity contribution < 1.29 is 9.59 Å². The van der Waals surface area contributed by atoms with Crippen LogP contribution in [0.2, 0.25) is 0 Å². The molecule has 7 heteroatoms. The Morgan fingerprint density at radius 2 is 1.88 bits per heavy atom. The van der Waals surface area contributed by atoms with E-state index in [1.165, 1.54) is 11.3 Å². The van der Waals surface area contributed by atoms with E-state index < -0.39 is 0 Å². The Morgan fingerprint density at radius 1 is 1.06 bits per heavy atom. The number of imidazole rings is 1. The van der Waals surface area contributed by atoms with E-state index in [9.17, 15) is 9.59 Å². The zero-order valence-corrected chi connectivity index (χ0v) is 20.2. The van der Waals surface area contributed by atoms with Gasteiger partial charge in [0.1, 0.15) is 5.65 Å². The molecule has 3 heterocycles. The largest absolute Gasteiger partial charge is 0.355 e. The van der Waals surface area contributed by atoms with Crippen molar-refractivity contribution in [2.45, 2.75) is 44.6 Å². The topological polar surface area (TPSA) is 75.5 Å². The Bertz CT molecular complexity index is 1340. The summed E-state index contributed by atoms with van der Waals surface area (Å²) in [5.74, 6) is 0.137. The van der Waals surface area contributed by atoms with Crippen LogP contribution < -0.4 is 10.6 Å². The standard InChI is InChI=1S/C27H28N4O2S/c1-17-11-12-22(34-17)27(33)29-21-10-6-9-19(15-21)25-24(18-7-4-3-5-8-18)30-23-16-20(26(32)28-2)13-14-31(23)25/h3-5,7-8,11-14,16,19,21H,6,9-10,15H2,1-2H3,(H,28,32)(H,29,33). The van der Waals surface area contributed by atoms with Gasteiger partial charge in [0.05, 0.1) is 16.3 Å². The lowest BCUT2D eigenvalue weighted by atomic mass is 9.82. The molecule has 2 N–H and O–H groups in total. The molecule has 4 aromatic rings. The summed E-state index contributed by atoms with van der Waals surface area (Å²) >= 11 is 1.53. The predicted octanol–water partition coefficient (Wildman–Crippen LogP) is 5.19. The van der Waals surface area contributed by atoms with Crippen LogP contribution in [-0.4, -0.2) is 34.3 Å². The molecule has 1 aromatic carbocycles. The molecule has 34 heavy (non-hydrogen) atoms. The van der Waals surface area contributed by atoms with Crippen molar-refractivity contribution in [2.24, 2.45) is 0 Å². The summed E-state index contributed by atoms with van der Waals surface area (Å²) in [5.41, 5.74) is 4.50. The second kappa shape index (κ2) is 9.43. The van der Waals surface area contributed by atoms with Gasteiger partial charge < -0.3 is 15.0 Å². The van der Waals surface area contributed by atoms with Gasteiger partial charge >= 0.3 is 0 Å². The lowest BCUT2D eigenvalue weighted by Crippen LogP contribution is -2.37. The Balaban J connectivity index is 1.49. The monoisotopic (exact) mass is 472 g/mol. The number of amides is 2. The molecule has 174 valence electrons. The molecule has 6 nitrogen and oxygen atoms in total. The normalized spacial score (nSPS) is 18.1. The average molecular weight is 473 g/mol. The van der Waals surface area contributed by atoms with Crippen molar-refractivity contribution in [1.82, 2.24) is 20.0 Å². The molecule has 0 spiro atoms. The van der Waals surface area contributed by atoms with Gasteiger partial charge in [0.15, 0.2) is 0 Å². The highest BCUT2D eigenvalue weighted by atomic mass is 32.1. The minimum absolute atomic E-state index is 0.0143. The van der Waals surface area contributed by atoms with Crippen LogP contribution in [-0.2, 0) is 0 Å². The van der Waals surface area contributed by atoms with Crippen molar-refractivity contribution in [3.05, 3.63) is 81.8 Å². The fourth-order valence-corrected chi connectivity index (χ4v) is 5.70. The van der Waals surface area contributed by atoms with E-state index in [1.807, 2.05) is 55.6 Å². The number of aryl methyl sites for hydroxylation is 1. The minimum atomic E-state index is -0.127. The number of rotatable bonds is 5. The van der Waals surface area contributed by atoms with Crippen molar-refractivity contribution >= 4 is 28.8 Å². The van der Waals surface area contributed by atoms with Gasteiger partial charge in [-0.05, 0) is 50.5 Å². The number of carbonyl (C=O) groups excluding carboxylic acids is 2. The zero-order valence-electron chi connectivity index (χ0n) is 19.4. The maximum Gasteiger partial charge on any atom is 0.261 e. The molecule has 1 saturated carbocycles. The number of aromatic nitrogens is 2. The van der Waals surface area contributed by atoms with E-state index in [0.717, 1.165) is 58.0 Å². The molecule has 1 aliphatic carbocycles. The van der Waals surface area contributed by atoms with Crippen molar-refractivity contribution in [3.8, 4) is 11.3 Å². The van der Waals surface area contributed by atoms with E-state index in [4.69, 9.17) is 4.98 Å². The van der Waals surface area contributed by atoms with Crippen molar-refractivity contribution in [2.75, 3.05) is 7.05 Å². The molecule has 3 aromatic heterocycles. The first-order valence-electron chi connectivity index (χ1n) is 11.7. The van der Waals surface area contributed by atoms with Crippen LogP contribution in [0, 0.1) is 6.92 Å². The highest BCUT2D eigenvalue weighted by Crippen LogP contribution is 2.39. The van der Waals surface area contributed by atoms with Gasteiger partial charge in [0.25, 0.3) is 11.8 Å². The van der Waals surface area contributed by atoms with Crippen LogP contribution >= 0.6 is 11.3 Å². The van der Waals surface area contributed by atoms with Crippen molar-refractivity contribution in [3.63, 3.8) is 0 Å². The molecule has 0 aliphatic heterocycles. The van der Waals surface area contributed by atoms with Gasteiger partial charge in [0, 0.05) is 41.2 Å². The van der Waals surface area contributed by atoms with Crippen LogP contribution in [0.5, 0.6) is 0 Å². The number of carbonyl (C=O) groups is 2. The minimum Gasteiger partial charge on any atom is -0.355 e. The van der Waals surface area contributed by atoms with Gasteiger partial charge in [-0.15, -0.1) is 11.3 Å². The number of thiophene rings is 1. The summed E-state index contributed by atoms with van der Waals surface area (Å²) in [5, 5.41) is 5.95. The lowest BCUT2D eigenvalue weighted by molar-refractivity contribution is 0.0927. The van der Waals surface area contributed by atoms with Gasteiger partial charge in [-0.25, -0.2) is 4.98 Å². The Labute approximate surface area is 203 Å². The number of hydrogen-bond donors (Lipinski definition) is 2. The van der Waals surface area contributed by atoms with E-state index >= 15 is 0 Å². The molecule has 2 atom stereocenters. The van der Waals surface area contributed by atoms with Crippen LogP contribution in [0.15, 0.2) is 60.8 Å². The van der Waals surface area contributed by atoms with Gasteiger partial charge in [-0.2, -0.15) is 0 Å². The molecule has 1 fully saturated rings. The molecule has 5 rings (SSSR count). The van der Waals surface area contributed by atoms with Crippen LogP contribution in [0.1, 0.15) is 62.2 Å². The summed E-state index contributed by atoms with van der Waals surface area (Å²) in [6, 6.07) is 17.9. The Morgan fingerprint density at radius 3 is 2.62 bits per heavy atom. The summed E-state index contributed by atoms with van der Waals surface area (Å²) in [6.45, 7) is 2.02. The summed E-state index contributed by atoms with van der Waals surface area (Å²) < 4.78 is 2.12. The Hall–Kier alpha value is -3.45. The summed E-state index contributed by atoms with van der Waals surface area (Å²) in [7, 11) is 1.63. The molecule has 1 aliphatic rings. The highest BCUT2D eigenvalue weighted by molar-refractivity contribution is 7.13. The van der Waals surface area contributed by atoms with Gasteiger partial charge in [0.2, 0.25) is 0 Å². The first-order chi connectivity index (χ1) is 16.5. The van der Waals surface area contributed by atoms with E-state index in [0.29, 0.717) is 5.56 Å². The van der Waals surface area contributed by atoms with Crippen molar-refractivity contribution in [1.29, 1.82) is 0 Å². The second-order valence-corrected chi connectivity index (χ2v) is 10.2. The number of hydrogen-bond acceptors (Lipinski definition) is 4. The fraction of sp³-hybridized carbons (Fsp3) is 0.296. The SMILES string of the molecule is CNC(=O)c1ccn2c(C3CCCC(NC(=O)c4ccc(C)s4)C3)c(-c3ccccc3)nc2c1. The maximum absolute atomic E-state index is 12.8. The summed E-state index contributed by atoms with van der Waals surface area (Å²) in [4.78, 5) is 31.9. The third kappa shape index (κ3) is 4.35. The number of nitrogens with zero attached hydrogens (tertiary/aromatic N) is 2. The first-order valence-corrected chi connectivity index (χ1v) is 12.5. The number of pyridine rings is 1. The fourth-order valence-electron chi connectivity index (χ4n) is 4.93. The van der Waals surface area contributed by atoms with Crippen LogP contribution in [0.25, 0.3) is 16.9 Å². The molecule has 2 unspecified atom stereocenters. The molecule has 2 amide bonds. The molecular formula is C27H28N4O2S. The quantitative estimate of drug-likeness (QED) is 0.420. The average Bonchev–Trinajstić information content (AvgIpc) is 3.47. The summed E-state index contributed by atoms with van der Waals surface area (Å²) in [6.07, 6.45) is 5.86. The van der Waals surface area contributed by atoms with E-state index in [-0.39, 0.29) is 23.8 Å². The third-order valence-corrected chi connectivity index (χ3v) is 7.56. The van der Waals surface area contributed by atoms with E-state index in [2.05, 4.69) is 27.2 Å². The predicted molar refractivity (Wildman–Crippen MR) is 136 cm³/mol. The maximum atomic E-state index is 12.8. The van der Waals surface area contributed by atoms with Crippen LogP contribution in [0.4, 0.5) is 0 Å². The first kappa shape index (κ1) is 22.3. The smallest absolute Gasteiger partial charge is 0.261 e. The second-order valence-electron chi connectivity index (χ2n) is 8.88. The third-order valence-electron chi connectivity index (χ3n) is 6.56. The number of nitrogens with one attached hydrogen (secondary N) is 2. The van der Waals surface area contributed by atoms with Gasteiger partial charge in [-0.3, -0.25) is 9.59 Å². The molecule has 0 bridgehead atoms. The number of benzene rings is 1. The highest BCUT2D eigenvalue weighted by Gasteiger charge is 2.30.